The Morgan fingerprint density at radius 2 is 2.08 bits per heavy atom. The lowest BCUT2D eigenvalue weighted by molar-refractivity contribution is 1.03. The first kappa shape index (κ1) is 6.91. The highest BCUT2D eigenvalue weighted by atomic mass is 32.1. The van der Waals surface area contributed by atoms with Gasteiger partial charge in [-0.05, 0) is 6.07 Å². The molecule has 3 nitrogen and oxygen atoms in total. The van der Waals surface area contributed by atoms with Crippen molar-refractivity contribution in [3.8, 4) is 0 Å². The maximum absolute atomic E-state index is 4.16. The zero-order valence-electron chi connectivity index (χ0n) is 6.64. The molecule has 2 aromatic heterocycles. The minimum atomic E-state index is 0.906. The zero-order valence-corrected chi connectivity index (χ0v) is 7.45. The normalized spacial score (nSPS) is 11.1. The summed E-state index contributed by atoms with van der Waals surface area (Å²) < 4.78 is 1.21. The number of hydrogen-bond acceptors (Lipinski definition) is 4. The Balaban J connectivity index is 2.64. The second-order valence-corrected chi connectivity index (χ2v) is 3.74. The molecule has 0 saturated heterocycles. The van der Waals surface area contributed by atoms with Crippen LogP contribution in [0.1, 0.15) is 0 Å². The van der Waals surface area contributed by atoms with Crippen LogP contribution in [0.2, 0.25) is 0 Å². The summed E-state index contributed by atoms with van der Waals surface area (Å²) in [5, 5.41) is 8.99. The molecule has 1 aromatic carbocycles. The van der Waals surface area contributed by atoms with E-state index >= 15 is 0 Å². The molecule has 0 bridgehead atoms. The maximum atomic E-state index is 4.16. The fraction of sp³-hybridized carbons (Fsp3) is 0. The first-order valence-electron chi connectivity index (χ1n) is 3.90. The standard InChI is InChI=1S/C9H5N3S/c1-2-4-7-6(3-1)8-9(13-7)10-5-11-12-8/h1-5H. The third kappa shape index (κ3) is 0.922. The molecule has 0 N–H and O–H groups in total. The van der Waals surface area contributed by atoms with E-state index in [1.54, 1.807) is 11.3 Å². The molecular formula is C9H5N3S. The van der Waals surface area contributed by atoms with E-state index in [2.05, 4.69) is 21.2 Å². The minimum Gasteiger partial charge on any atom is -0.222 e. The minimum absolute atomic E-state index is 0.906. The van der Waals surface area contributed by atoms with Gasteiger partial charge in [-0.25, -0.2) is 4.98 Å². The Labute approximate surface area is 78.1 Å². The summed E-state index contributed by atoms with van der Waals surface area (Å²) in [5.74, 6) is 0. The lowest BCUT2D eigenvalue weighted by atomic mass is 10.2. The monoisotopic (exact) mass is 187 g/mol. The number of benzene rings is 1. The number of aromatic nitrogens is 3. The van der Waals surface area contributed by atoms with Crippen LogP contribution in [0.3, 0.4) is 0 Å². The Hall–Kier alpha value is -1.55. The van der Waals surface area contributed by atoms with Gasteiger partial charge in [0.15, 0.2) is 0 Å². The molecule has 0 aliphatic heterocycles. The Bertz CT molecular complexity index is 523. The average molecular weight is 187 g/mol. The molecule has 0 amide bonds. The van der Waals surface area contributed by atoms with Gasteiger partial charge in [0, 0.05) is 10.1 Å². The zero-order chi connectivity index (χ0) is 8.67. The van der Waals surface area contributed by atoms with Crippen LogP contribution in [0.4, 0.5) is 0 Å². The number of nitrogens with zero attached hydrogens (tertiary/aromatic N) is 3. The van der Waals surface area contributed by atoms with Crippen LogP contribution < -0.4 is 0 Å². The summed E-state index contributed by atoms with van der Waals surface area (Å²) in [4.78, 5) is 5.12. The molecule has 0 spiro atoms. The van der Waals surface area contributed by atoms with Gasteiger partial charge in [0.25, 0.3) is 0 Å². The molecule has 62 valence electrons. The van der Waals surface area contributed by atoms with Crippen LogP contribution in [-0.4, -0.2) is 15.2 Å². The third-order valence-electron chi connectivity index (χ3n) is 1.94. The fourth-order valence-electron chi connectivity index (χ4n) is 1.36. The van der Waals surface area contributed by atoms with Crippen molar-refractivity contribution >= 4 is 31.8 Å². The van der Waals surface area contributed by atoms with Crippen molar-refractivity contribution in [1.29, 1.82) is 0 Å². The van der Waals surface area contributed by atoms with Gasteiger partial charge in [0.2, 0.25) is 0 Å². The van der Waals surface area contributed by atoms with Gasteiger partial charge in [-0.1, -0.05) is 18.2 Å². The van der Waals surface area contributed by atoms with Crippen molar-refractivity contribution in [3.05, 3.63) is 30.6 Å². The van der Waals surface area contributed by atoms with E-state index in [0.29, 0.717) is 0 Å². The second-order valence-electron chi connectivity index (χ2n) is 2.71. The van der Waals surface area contributed by atoms with Crippen LogP contribution in [-0.2, 0) is 0 Å². The van der Waals surface area contributed by atoms with Crippen molar-refractivity contribution in [2.45, 2.75) is 0 Å². The highest BCUT2D eigenvalue weighted by molar-refractivity contribution is 7.25. The third-order valence-corrected chi connectivity index (χ3v) is 3.00. The highest BCUT2D eigenvalue weighted by Crippen LogP contribution is 2.29. The molecule has 4 heteroatoms. The summed E-state index contributed by atoms with van der Waals surface area (Å²) in [6, 6.07) is 8.14. The van der Waals surface area contributed by atoms with Crippen LogP contribution in [0, 0.1) is 0 Å². The summed E-state index contributed by atoms with van der Waals surface area (Å²) in [7, 11) is 0. The second kappa shape index (κ2) is 2.47. The molecule has 0 radical (unpaired) electrons. The van der Waals surface area contributed by atoms with Crippen molar-refractivity contribution in [1.82, 2.24) is 15.2 Å². The van der Waals surface area contributed by atoms with E-state index in [9.17, 15) is 0 Å². The number of hydrogen-bond donors (Lipinski definition) is 0. The quantitative estimate of drug-likeness (QED) is 0.541. The van der Waals surface area contributed by atoms with Crippen LogP contribution >= 0.6 is 11.3 Å². The predicted octanol–water partition coefficient (Wildman–Crippen LogP) is 2.24. The van der Waals surface area contributed by atoms with E-state index in [0.717, 1.165) is 15.7 Å². The summed E-state index contributed by atoms with van der Waals surface area (Å²) in [5.41, 5.74) is 0.906. The van der Waals surface area contributed by atoms with Gasteiger partial charge >= 0.3 is 0 Å². The van der Waals surface area contributed by atoms with Gasteiger partial charge in [-0.2, -0.15) is 0 Å². The van der Waals surface area contributed by atoms with Crippen LogP contribution in [0.15, 0.2) is 30.6 Å². The largest absolute Gasteiger partial charge is 0.222 e. The van der Waals surface area contributed by atoms with Crippen molar-refractivity contribution in [2.75, 3.05) is 0 Å². The summed E-state index contributed by atoms with van der Waals surface area (Å²) in [6.07, 6.45) is 1.48. The average Bonchev–Trinajstić information content (AvgIpc) is 2.56. The molecule has 13 heavy (non-hydrogen) atoms. The smallest absolute Gasteiger partial charge is 0.146 e. The number of thiophene rings is 1. The van der Waals surface area contributed by atoms with E-state index in [4.69, 9.17) is 0 Å². The lowest BCUT2D eigenvalue weighted by Gasteiger charge is -1.85. The van der Waals surface area contributed by atoms with E-state index in [1.807, 2.05) is 18.2 Å². The van der Waals surface area contributed by atoms with Gasteiger partial charge in [0.1, 0.15) is 16.7 Å². The molecule has 0 unspecified atom stereocenters. The molecule has 0 aliphatic carbocycles. The van der Waals surface area contributed by atoms with E-state index < -0.39 is 0 Å². The predicted molar refractivity (Wildman–Crippen MR) is 52.7 cm³/mol. The first-order valence-corrected chi connectivity index (χ1v) is 4.72. The fourth-order valence-corrected chi connectivity index (χ4v) is 2.34. The van der Waals surface area contributed by atoms with E-state index in [1.165, 1.54) is 11.0 Å². The molecule has 2 heterocycles. The van der Waals surface area contributed by atoms with Gasteiger partial charge in [-0.15, -0.1) is 21.5 Å². The molecule has 3 rings (SSSR count). The highest BCUT2D eigenvalue weighted by Gasteiger charge is 2.05. The van der Waals surface area contributed by atoms with Crippen LogP contribution in [0.25, 0.3) is 20.4 Å². The maximum Gasteiger partial charge on any atom is 0.146 e. The Morgan fingerprint density at radius 3 is 3.08 bits per heavy atom. The summed E-state index contributed by atoms with van der Waals surface area (Å²) in [6.45, 7) is 0. The molecule has 0 atom stereocenters. The number of fused-ring (bicyclic) bond motifs is 3. The Kier molecular flexibility index (Phi) is 1.31. The van der Waals surface area contributed by atoms with Gasteiger partial charge in [-0.3, -0.25) is 0 Å². The molecule has 0 aliphatic rings. The van der Waals surface area contributed by atoms with Gasteiger partial charge in [0.05, 0.1) is 0 Å². The summed E-state index contributed by atoms with van der Waals surface area (Å²) >= 11 is 1.65. The van der Waals surface area contributed by atoms with Crippen molar-refractivity contribution in [3.63, 3.8) is 0 Å². The van der Waals surface area contributed by atoms with Gasteiger partial charge < -0.3 is 0 Å². The molecule has 0 saturated carbocycles. The molecule has 0 fully saturated rings. The molecular weight excluding hydrogens is 182 g/mol. The lowest BCUT2D eigenvalue weighted by Crippen LogP contribution is -1.81. The van der Waals surface area contributed by atoms with E-state index in [-0.39, 0.29) is 0 Å². The molecule has 3 aromatic rings. The van der Waals surface area contributed by atoms with Crippen molar-refractivity contribution in [2.24, 2.45) is 0 Å². The Morgan fingerprint density at radius 1 is 1.15 bits per heavy atom. The van der Waals surface area contributed by atoms with Crippen LogP contribution in [0.5, 0.6) is 0 Å². The first-order chi connectivity index (χ1) is 6.45. The topological polar surface area (TPSA) is 38.7 Å². The number of rotatable bonds is 0. The van der Waals surface area contributed by atoms with Crippen molar-refractivity contribution < 1.29 is 0 Å². The SMILES string of the molecule is c1ccc2c(c1)sc1ncnnc12.